The Labute approximate surface area is 65.3 Å². The Kier molecular flexibility index (Phi) is 62.5. The zero-order valence-corrected chi connectivity index (χ0v) is 7.67. The third-order valence-corrected chi connectivity index (χ3v) is 0. The van der Waals surface area contributed by atoms with Crippen LogP contribution in [0.5, 0.6) is 0 Å². The van der Waals surface area contributed by atoms with Crippen molar-refractivity contribution >= 4 is 47.8 Å². The summed E-state index contributed by atoms with van der Waals surface area (Å²) in [5, 5.41) is 0. The Morgan fingerprint density at radius 3 is 1.00 bits per heavy atom. The van der Waals surface area contributed by atoms with Crippen LogP contribution in [0.4, 0.5) is 0 Å². The molecule has 0 amide bonds. The summed E-state index contributed by atoms with van der Waals surface area (Å²) in [7, 11) is 0. The van der Waals surface area contributed by atoms with Crippen LogP contribution >= 0.6 is 0 Å². The Bertz CT molecular complexity index is 30.7. The maximum atomic E-state index is 8.35. The van der Waals surface area contributed by atoms with Gasteiger partial charge in [-0.15, -0.1) is 0 Å². The minimum Gasteiger partial charge on any atom is -0.775 e. The minimum absolute atomic E-state index is 0. The van der Waals surface area contributed by atoms with Crippen LogP contribution in [0.3, 0.4) is 0 Å². The Hall–Kier alpha value is 1.02. The summed E-state index contributed by atoms with van der Waals surface area (Å²) < 4.78 is 33.4. The topological polar surface area (TPSA) is 80.3 Å². The maximum Gasteiger partial charge on any atom is 2.00 e. The van der Waals surface area contributed by atoms with Gasteiger partial charge in [0.2, 0.25) is 0 Å². The van der Waals surface area contributed by atoms with Gasteiger partial charge in [-0.1, -0.05) is 23.9 Å². The van der Waals surface area contributed by atoms with Crippen molar-refractivity contribution in [1.82, 2.24) is 0 Å². The van der Waals surface area contributed by atoms with Crippen LogP contribution in [0.25, 0.3) is 0 Å². The molecule has 0 aromatic rings. The van der Waals surface area contributed by atoms with Crippen molar-refractivity contribution < 1.29 is 17.5 Å². The molecule has 0 fully saturated rings. The van der Waals surface area contributed by atoms with Gasteiger partial charge in [-0.2, -0.15) is 0 Å². The fourth-order valence-electron chi connectivity index (χ4n) is 0. The van der Waals surface area contributed by atoms with E-state index in [4.69, 9.17) is 17.5 Å². The summed E-state index contributed by atoms with van der Waals surface area (Å²) in [6.45, 7) is 0. The number of hydrogen-bond donors (Lipinski definition) is 2. The minimum atomic E-state index is -1.08. The monoisotopic (exact) mass is 250 g/mol. The van der Waals surface area contributed by atoms with Crippen LogP contribution in [0.2, 0.25) is 0 Å². The molecule has 4 nitrogen and oxygen atoms in total. The van der Waals surface area contributed by atoms with Gasteiger partial charge >= 0.3 is 23.9 Å². The van der Waals surface area contributed by atoms with Gasteiger partial charge in [-0.25, -0.2) is 0 Å². The van der Waals surface area contributed by atoms with E-state index in [1.54, 1.807) is 0 Å². The largest absolute Gasteiger partial charge is 2.00 e. The fraction of sp³-hybridized carbons (Fsp3) is 0. The van der Waals surface area contributed by atoms with E-state index in [-0.39, 0.29) is 23.9 Å². The predicted octanol–water partition coefficient (Wildman–Crippen LogP) is -2.26. The first-order valence-electron chi connectivity index (χ1n) is 0.730. The molecule has 42 valence electrons. The molecule has 0 aromatic heterocycles. The zero-order chi connectivity index (χ0) is 5.41. The number of thiol groups is 2. The molecule has 0 N–H and O–H groups in total. The van der Waals surface area contributed by atoms with E-state index in [1.807, 2.05) is 0 Å². The molecule has 0 aromatic carbocycles. The van der Waals surface area contributed by atoms with E-state index in [1.165, 1.54) is 0 Å². The third-order valence-electron chi connectivity index (χ3n) is 0. The molecule has 0 saturated carbocycles. The molecule has 7 heteroatoms. The molecule has 0 saturated heterocycles. The molecular formula is H2O4S2Sn. The summed E-state index contributed by atoms with van der Waals surface area (Å²) in [4.78, 5) is 0. The Morgan fingerprint density at radius 1 is 1.00 bits per heavy atom. The van der Waals surface area contributed by atoms with Crippen molar-refractivity contribution in [3.8, 4) is 0 Å². The molecule has 0 rings (SSSR count). The Morgan fingerprint density at radius 2 is 1.00 bits per heavy atom. The second-order valence-corrected chi connectivity index (χ2v) is 0.447. The Balaban J connectivity index is -0.0000000400. The first-order chi connectivity index (χ1) is 2.83. The molecule has 7 heavy (non-hydrogen) atoms. The molecule has 0 aliphatic rings. The van der Waals surface area contributed by atoms with Gasteiger partial charge in [-0.3, -0.25) is 8.42 Å². The van der Waals surface area contributed by atoms with Gasteiger partial charge in [-0.05, 0) is 0 Å². The molecule has 0 aliphatic carbocycles. The predicted molar refractivity (Wildman–Crippen MR) is 26.4 cm³/mol. The number of rotatable bonds is 0. The quantitative estimate of drug-likeness (QED) is 0.288. The van der Waals surface area contributed by atoms with Gasteiger partial charge in [0.1, 0.15) is 0 Å². The van der Waals surface area contributed by atoms with Crippen molar-refractivity contribution in [3.05, 3.63) is 0 Å². The smallest absolute Gasteiger partial charge is 0.775 e. The summed E-state index contributed by atoms with van der Waals surface area (Å²) in [5.74, 6) is 0. The fourth-order valence-corrected chi connectivity index (χ4v) is 0. The van der Waals surface area contributed by atoms with E-state index >= 15 is 0 Å². The number of hydrogen-bond acceptors (Lipinski definition) is 4. The molecular weight excluding hydrogens is 247 g/mol. The molecule has 2 radical (unpaired) electrons. The molecule has 0 unspecified atom stereocenters. The standard InChI is InChI=1S/2H2O2S.Sn/c2*1-3-2;/h2*3H,(H,1,2);/q;;+2/p-2. The van der Waals surface area contributed by atoms with E-state index in [2.05, 4.69) is 0 Å². The molecule has 0 aliphatic heterocycles. The van der Waals surface area contributed by atoms with E-state index in [0.29, 0.717) is 0 Å². The van der Waals surface area contributed by atoms with Gasteiger partial charge < -0.3 is 9.11 Å². The van der Waals surface area contributed by atoms with E-state index < -0.39 is 23.9 Å². The molecule has 0 heterocycles. The van der Waals surface area contributed by atoms with Crippen molar-refractivity contribution in [2.75, 3.05) is 0 Å². The summed E-state index contributed by atoms with van der Waals surface area (Å²) in [6.07, 6.45) is 0. The van der Waals surface area contributed by atoms with Crippen LogP contribution in [0.15, 0.2) is 0 Å². The maximum absolute atomic E-state index is 8.35. The zero-order valence-electron chi connectivity index (χ0n) is 3.03. The average Bonchev–Trinajstić information content (AvgIpc) is 1.39. The summed E-state index contributed by atoms with van der Waals surface area (Å²) >= 11 is -2.17. The third kappa shape index (κ3) is 170. The van der Waals surface area contributed by atoms with Crippen LogP contribution in [0, 0.1) is 0 Å². The van der Waals surface area contributed by atoms with Gasteiger partial charge in [0.15, 0.2) is 0 Å². The average molecular weight is 249 g/mol. The molecule has 0 atom stereocenters. The van der Waals surface area contributed by atoms with Crippen LogP contribution < -0.4 is 0 Å². The first kappa shape index (κ1) is 15.7. The second kappa shape index (κ2) is 27.9. The van der Waals surface area contributed by atoms with Crippen molar-refractivity contribution in [2.24, 2.45) is 0 Å². The van der Waals surface area contributed by atoms with Crippen molar-refractivity contribution in [3.63, 3.8) is 0 Å². The van der Waals surface area contributed by atoms with Crippen molar-refractivity contribution in [2.45, 2.75) is 0 Å². The van der Waals surface area contributed by atoms with Crippen LogP contribution in [-0.2, 0) is 23.9 Å². The molecule has 0 spiro atoms. The first-order valence-corrected chi connectivity index (χ1v) is 2.19. The second-order valence-electron chi connectivity index (χ2n) is 0.149. The van der Waals surface area contributed by atoms with Crippen molar-refractivity contribution in [1.29, 1.82) is 0 Å². The summed E-state index contributed by atoms with van der Waals surface area (Å²) in [5.41, 5.74) is 0. The normalized spacial score (nSPS) is 4.86. The summed E-state index contributed by atoms with van der Waals surface area (Å²) in [6, 6.07) is 0. The molecule has 0 bridgehead atoms. The van der Waals surface area contributed by atoms with Gasteiger partial charge in [0.25, 0.3) is 0 Å². The van der Waals surface area contributed by atoms with Crippen LogP contribution in [0.1, 0.15) is 0 Å². The van der Waals surface area contributed by atoms with E-state index in [9.17, 15) is 0 Å². The van der Waals surface area contributed by atoms with E-state index in [0.717, 1.165) is 0 Å². The van der Waals surface area contributed by atoms with Crippen LogP contribution in [-0.4, -0.2) is 41.4 Å². The van der Waals surface area contributed by atoms with Gasteiger partial charge in [0, 0.05) is 0 Å². The SMILES string of the molecule is O=[SH][O-].O=[SH][O-].[Sn+2]. The van der Waals surface area contributed by atoms with Gasteiger partial charge in [0.05, 0.1) is 0 Å².